The van der Waals surface area contributed by atoms with E-state index in [2.05, 4.69) is 10.0 Å². The van der Waals surface area contributed by atoms with Crippen molar-refractivity contribution in [3.8, 4) is 0 Å². The topological polar surface area (TPSA) is 102 Å². The van der Waals surface area contributed by atoms with Crippen molar-refractivity contribution in [3.63, 3.8) is 0 Å². The Morgan fingerprint density at radius 2 is 1.64 bits per heavy atom. The van der Waals surface area contributed by atoms with Gasteiger partial charge in [0.25, 0.3) is 0 Å². The van der Waals surface area contributed by atoms with Gasteiger partial charge in [-0.25, -0.2) is 17.9 Å². The molecule has 132 valence electrons. The molecule has 0 aliphatic carbocycles. The van der Waals surface area contributed by atoms with Crippen molar-refractivity contribution in [1.29, 1.82) is 0 Å². The molecule has 0 spiro atoms. The lowest BCUT2D eigenvalue weighted by molar-refractivity contribution is -0.115. The van der Waals surface area contributed by atoms with Crippen molar-refractivity contribution >= 4 is 27.6 Å². The van der Waals surface area contributed by atoms with Crippen LogP contribution in [0.2, 0.25) is 0 Å². The lowest BCUT2D eigenvalue weighted by atomic mass is 10.2. The Bertz CT molecular complexity index is 850. The molecule has 0 bridgehead atoms. The quantitative estimate of drug-likeness (QED) is 0.731. The van der Waals surface area contributed by atoms with Gasteiger partial charge >= 0.3 is 5.97 Å². The molecule has 0 atom stereocenters. The molecule has 0 aromatic heterocycles. The molecule has 0 aliphatic rings. The number of carbonyl (C=O) groups is 2. The monoisotopic (exact) mass is 362 g/mol. The maximum atomic E-state index is 12.1. The summed E-state index contributed by atoms with van der Waals surface area (Å²) in [6.45, 7) is 1.42. The van der Waals surface area contributed by atoms with Gasteiger partial charge in [-0.1, -0.05) is 30.3 Å². The van der Waals surface area contributed by atoms with Gasteiger partial charge in [0.2, 0.25) is 15.9 Å². The summed E-state index contributed by atoms with van der Waals surface area (Å²) in [7, 11) is -3.79. The fraction of sp³-hybridized carbons (Fsp3) is 0.176. The highest BCUT2D eigenvalue weighted by molar-refractivity contribution is 7.89. The minimum atomic E-state index is -3.79. The largest absolute Gasteiger partial charge is 0.462 e. The Morgan fingerprint density at radius 3 is 2.32 bits per heavy atom. The van der Waals surface area contributed by atoms with Crippen LogP contribution in [0.4, 0.5) is 5.69 Å². The lowest BCUT2D eigenvalue weighted by Gasteiger charge is -2.11. The molecule has 0 saturated carbocycles. The van der Waals surface area contributed by atoms with Gasteiger partial charge in [0.1, 0.15) is 0 Å². The molecule has 8 heteroatoms. The lowest BCUT2D eigenvalue weighted by Crippen LogP contribution is -2.33. The van der Waals surface area contributed by atoms with Crippen molar-refractivity contribution in [2.45, 2.75) is 11.8 Å². The van der Waals surface area contributed by atoms with Gasteiger partial charge < -0.3 is 10.1 Å². The summed E-state index contributed by atoms with van der Waals surface area (Å²) in [6.07, 6.45) is 0. The van der Waals surface area contributed by atoms with Gasteiger partial charge in [0.15, 0.2) is 0 Å². The molecule has 0 unspecified atom stereocenters. The highest BCUT2D eigenvalue weighted by atomic mass is 32.2. The molecule has 2 rings (SSSR count). The standard InChI is InChI=1S/C17H18N2O5S/c1-2-24-17(21)14-10-6-7-11-15(14)19-16(20)12-18-25(22,23)13-8-4-3-5-9-13/h3-11,18H,2,12H2,1H3,(H,19,20). The average Bonchev–Trinajstić information content (AvgIpc) is 2.61. The van der Waals surface area contributed by atoms with E-state index in [4.69, 9.17) is 4.74 Å². The van der Waals surface area contributed by atoms with Crippen LogP contribution in [0.1, 0.15) is 17.3 Å². The molecule has 0 radical (unpaired) electrons. The summed E-state index contributed by atoms with van der Waals surface area (Å²) >= 11 is 0. The zero-order valence-corrected chi connectivity index (χ0v) is 14.4. The predicted molar refractivity (Wildman–Crippen MR) is 92.7 cm³/mol. The molecule has 25 heavy (non-hydrogen) atoms. The minimum Gasteiger partial charge on any atom is -0.462 e. The maximum absolute atomic E-state index is 12.1. The van der Waals surface area contributed by atoms with E-state index < -0.39 is 28.4 Å². The number of benzene rings is 2. The number of rotatable bonds is 7. The molecule has 0 aliphatic heterocycles. The zero-order valence-electron chi connectivity index (χ0n) is 13.6. The number of anilines is 1. The summed E-state index contributed by atoms with van der Waals surface area (Å²) in [6, 6.07) is 14.1. The summed E-state index contributed by atoms with van der Waals surface area (Å²) in [5.74, 6) is -1.17. The van der Waals surface area contributed by atoms with Crippen LogP contribution in [0.25, 0.3) is 0 Å². The Hall–Kier alpha value is -2.71. The van der Waals surface area contributed by atoms with Crippen LogP contribution in [0.5, 0.6) is 0 Å². The fourth-order valence-electron chi connectivity index (χ4n) is 2.02. The molecule has 2 N–H and O–H groups in total. The van der Waals surface area contributed by atoms with Crippen LogP contribution >= 0.6 is 0 Å². The highest BCUT2D eigenvalue weighted by Gasteiger charge is 2.17. The second-order valence-corrected chi connectivity index (χ2v) is 6.72. The number of nitrogens with one attached hydrogen (secondary N) is 2. The SMILES string of the molecule is CCOC(=O)c1ccccc1NC(=O)CNS(=O)(=O)c1ccccc1. The number of hydrogen-bond donors (Lipinski definition) is 2. The van der Waals surface area contributed by atoms with Gasteiger partial charge in [-0.05, 0) is 31.2 Å². The summed E-state index contributed by atoms with van der Waals surface area (Å²) < 4.78 is 31.3. The first-order valence-corrected chi connectivity index (χ1v) is 9.03. The molecule has 2 aromatic rings. The number of para-hydroxylation sites is 1. The highest BCUT2D eigenvalue weighted by Crippen LogP contribution is 2.16. The van der Waals surface area contributed by atoms with E-state index in [9.17, 15) is 18.0 Å². The molecule has 2 aromatic carbocycles. The van der Waals surface area contributed by atoms with Crippen LogP contribution in [0, 0.1) is 0 Å². The van der Waals surface area contributed by atoms with E-state index >= 15 is 0 Å². The van der Waals surface area contributed by atoms with Crippen LogP contribution in [0.15, 0.2) is 59.5 Å². The van der Waals surface area contributed by atoms with Crippen molar-refractivity contribution < 1.29 is 22.7 Å². The zero-order chi connectivity index (χ0) is 18.3. The van der Waals surface area contributed by atoms with E-state index in [0.29, 0.717) is 0 Å². The molecule has 0 saturated heterocycles. The third-order valence-electron chi connectivity index (χ3n) is 3.17. The van der Waals surface area contributed by atoms with E-state index in [1.807, 2.05) is 0 Å². The molecule has 7 nitrogen and oxygen atoms in total. The Morgan fingerprint density at radius 1 is 1.00 bits per heavy atom. The third-order valence-corrected chi connectivity index (χ3v) is 4.59. The van der Waals surface area contributed by atoms with Crippen LogP contribution in [-0.4, -0.2) is 33.4 Å². The van der Waals surface area contributed by atoms with Gasteiger partial charge in [-0.2, -0.15) is 0 Å². The van der Waals surface area contributed by atoms with Gasteiger partial charge in [0, 0.05) is 0 Å². The molecular formula is C17H18N2O5S. The van der Waals surface area contributed by atoms with E-state index in [0.717, 1.165) is 0 Å². The van der Waals surface area contributed by atoms with Crippen LogP contribution < -0.4 is 10.0 Å². The number of carbonyl (C=O) groups excluding carboxylic acids is 2. The van der Waals surface area contributed by atoms with Gasteiger partial charge in [-0.3, -0.25) is 4.79 Å². The fourth-order valence-corrected chi connectivity index (χ4v) is 3.02. The molecule has 0 heterocycles. The number of amides is 1. The Labute approximate surface area is 146 Å². The van der Waals surface area contributed by atoms with Gasteiger partial charge in [-0.15, -0.1) is 0 Å². The summed E-state index contributed by atoms with van der Waals surface area (Å²) in [5, 5.41) is 2.51. The average molecular weight is 362 g/mol. The predicted octanol–water partition coefficient (Wildman–Crippen LogP) is 1.78. The van der Waals surface area contributed by atoms with E-state index in [1.165, 1.54) is 24.3 Å². The molecular weight excluding hydrogens is 344 g/mol. The first kappa shape index (κ1) is 18.6. The number of ether oxygens (including phenoxy) is 1. The first-order chi connectivity index (χ1) is 11.9. The van der Waals surface area contributed by atoms with Crippen molar-refractivity contribution in [1.82, 2.24) is 4.72 Å². The van der Waals surface area contributed by atoms with Crippen molar-refractivity contribution in [2.75, 3.05) is 18.5 Å². The van der Waals surface area contributed by atoms with Crippen molar-refractivity contribution in [2.24, 2.45) is 0 Å². The summed E-state index contributed by atoms with van der Waals surface area (Å²) in [5.41, 5.74) is 0.452. The third kappa shape index (κ3) is 5.13. The normalized spacial score (nSPS) is 10.9. The molecule has 1 amide bonds. The number of hydrogen-bond acceptors (Lipinski definition) is 5. The minimum absolute atomic E-state index is 0.0646. The van der Waals surface area contributed by atoms with Crippen LogP contribution in [0.3, 0.4) is 0 Å². The second kappa shape index (κ2) is 8.41. The Kier molecular flexibility index (Phi) is 6.26. The maximum Gasteiger partial charge on any atom is 0.340 e. The van der Waals surface area contributed by atoms with Crippen LogP contribution in [-0.2, 0) is 19.6 Å². The number of esters is 1. The van der Waals surface area contributed by atoms with Crippen molar-refractivity contribution in [3.05, 3.63) is 60.2 Å². The van der Waals surface area contributed by atoms with Gasteiger partial charge in [0.05, 0.1) is 29.3 Å². The van der Waals surface area contributed by atoms with E-state index in [1.54, 1.807) is 37.3 Å². The van der Waals surface area contributed by atoms with E-state index in [-0.39, 0.29) is 22.8 Å². The molecule has 0 fully saturated rings. The summed E-state index contributed by atoms with van der Waals surface area (Å²) in [4.78, 5) is 24.0. The second-order valence-electron chi connectivity index (χ2n) is 4.95. The number of sulfonamides is 1. The first-order valence-electron chi connectivity index (χ1n) is 7.54. The Balaban J connectivity index is 2.03. The smallest absolute Gasteiger partial charge is 0.340 e.